The lowest BCUT2D eigenvalue weighted by molar-refractivity contribution is -0.121. The molecule has 2 rings (SSSR count). The molecule has 0 radical (unpaired) electrons. The Hall–Kier alpha value is -2.89. The zero-order chi connectivity index (χ0) is 19.8. The van der Waals surface area contributed by atoms with Gasteiger partial charge in [0.05, 0.1) is 34.5 Å². The zero-order valence-electron chi connectivity index (χ0n) is 16.5. The smallest absolute Gasteiger partial charge is 0.220 e. The van der Waals surface area contributed by atoms with Gasteiger partial charge in [0.25, 0.3) is 0 Å². The maximum Gasteiger partial charge on any atom is 0.220 e. The fourth-order valence-electron chi connectivity index (χ4n) is 2.97. The molecule has 6 heteroatoms. The number of aryl methyl sites for hydroxylation is 1. The predicted molar refractivity (Wildman–Crippen MR) is 104 cm³/mol. The maximum absolute atomic E-state index is 12.5. The molecular formula is C21H27NO5. The molecule has 0 spiro atoms. The Bertz CT molecular complexity index is 775. The lowest BCUT2D eigenvalue weighted by atomic mass is 10.0. The second-order valence-electron chi connectivity index (χ2n) is 6.05. The van der Waals surface area contributed by atoms with Crippen LogP contribution in [0.1, 0.15) is 30.5 Å². The lowest BCUT2D eigenvalue weighted by Crippen LogP contribution is -2.27. The number of carbonyl (C=O) groups excluding carboxylic acids is 1. The molecular weight excluding hydrogens is 346 g/mol. The van der Waals surface area contributed by atoms with E-state index in [4.69, 9.17) is 18.9 Å². The monoisotopic (exact) mass is 373 g/mol. The first-order chi connectivity index (χ1) is 13.0. The van der Waals surface area contributed by atoms with Gasteiger partial charge in [0.2, 0.25) is 5.91 Å². The van der Waals surface area contributed by atoms with E-state index in [2.05, 4.69) is 5.32 Å². The van der Waals surface area contributed by atoms with Gasteiger partial charge in [0, 0.05) is 12.0 Å². The lowest BCUT2D eigenvalue weighted by Gasteiger charge is -2.18. The summed E-state index contributed by atoms with van der Waals surface area (Å²) in [5.41, 5.74) is 1.79. The zero-order valence-corrected chi connectivity index (χ0v) is 16.5. The van der Waals surface area contributed by atoms with Gasteiger partial charge in [-0.15, -0.1) is 0 Å². The van der Waals surface area contributed by atoms with Crippen LogP contribution in [0, 0.1) is 0 Å². The summed E-state index contributed by atoms with van der Waals surface area (Å²) in [5, 5.41) is 3.01. The molecule has 0 bridgehead atoms. The van der Waals surface area contributed by atoms with Crippen molar-refractivity contribution >= 4 is 5.91 Å². The van der Waals surface area contributed by atoms with Crippen molar-refractivity contribution in [3.63, 3.8) is 0 Å². The molecule has 2 aromatic rings. The summed E-state index contributed by atoms with van der Waals surface area (Å²) in [6.45, 7) is 1.92. The van der Waals surface area contributed by atoms with E-state index in [9.17, 15) is 4.79 Å². The van der Waals surface area contributed by atoms with E-state index < -0.39 is 0 Å². The molecule has 0 aliphatic heterocycles. The van der Waals surface area contributed by atoms with E-state index >= 15 is 0 Å². The fourth-order valence-corrected chi connectivity index (χ4v) is 2.97. The van der Waals surface area contributed by atoms with E-state index in [0.717, 1.165) is 11.1 Å². The van der Waals surface area contributed by atoms with E-state index in [0.29, 0.717) is 35.8 Å². The van der Waals surface area contributed by atoms with E-state index in [1.165, 1.54) is 0 Å². The summed E-state index contributed by atoms with van der Waals surface area (Å²) < 4.78 is 21.4. The molecule has 27 heavy (non-hydrogen) atoms. The largest absolute Gasteiger partial charge is 0.497 e. The molecule has 1 amide bonds. The number of hydrogen-bond donors (Lipinski definition) is 1. The standard InChI is InChI=1S/C21H27NO5/c1-14(17-13-16(24-2)10-11-18(17)25-3)22-20(23)12-9-15-7-6-8-19(26-4)21(15)27-5/h6-8,10-11,13-14H,9,12H2,1-5H3,(H,22,23)/t14-/m1/s1. The summed E-state index contributed by atoms with van der Waals surface area (Å²) in [7, 11) is 6.40. The minimum atomic E-state index is -0.213. The number of benzene rings is 2. The van der Waals surface area contributed by atoms with Crippen LogP contribution in [0.15, 0.2) is 36.4 Å². The quantitative estimate of drug-likeness (QED) is 0.728. The normalized spacial score (nSPS) is 11.4. The van der Waals surface area contributed by atoms with E-state index in [-0.39, 0.29) is 11.9 Å². The van der Waals surface area contributed by atoms with Crippen molar-refractivity contribution in [2.24, 2.45) is 0 Å². The van der Waals surface area contributed by atoms with Crippen molar-refractivity contribution in [1.82, 2.24) is 5.32 Å². The highest BCUT2D eigenvalue weighted by Gasteiger charge is 2.16. The van der Waals surface area contributed by atoms with Gasteiger partial charge in [-0.2, -0.15) is 0 Å². The molecule has 0 fully saturated rings. The van der Waals surface area contributed by atoms with Crippen LogP contribution in [0.4, 0.5) is 0 Å². The number of carbonyl (C=O) groups is 1. The van der Waals surface area contributed by atoms with Crippen LogP contribution >= 0.6 is 0 Å². The Kier molecular flexibility index (Phi) is 7.34. The van der Waals surface area contributed by atoms with Gasteiger partial charge in [-0.1, -0.05) is 12.1 Å². The number of methoxy groups -OCH3 is 4. The highest BCUT2D eigenvalue weighted by atomic mass is 16.5. The van der Waals surface area contributed by atoms with Crippen LogP contribution < -0.4 is 24.3 Å². The third kappa shape index (κ3) is 5.06. The second kappa shape index (κ2) is 9.71. The molecule has 0 aromatic heterocycles. The molecule has 146 valence electrons. The van der Waals surface area contributed by atoms with Crippen LogP contribution in [0.2, 0.25) is 0 Å². The first kappa shape index (κ1) is 20.4. The Labute approximate surface area is 160 Å². The summed E-state index contributed by atoms with van der Waals surface area (Å²) in [6.07, 6.45) is 0.883. The average molecular weight is 373 g/mol. The van der Waals surface area contributed by atoms with Gasteiger partial charge in [0.1, 0.15) is 11.5 Å². The second-order valence-corrected chi connectivity index (χ2v) is 6.05. The molecule has 0 heterocycles. The summed E-state index contributed by atoms with van der Waals surface area (Å²) in [6, 6.07) is 11.0. The minimum absolute atomic E-state index is 0.0581. The number of hydrogen-bond acceptors (Lipinski definition) is 5. The maximum atomic E-state index is 12.5. The van der Waals surface area contributed by atoms with Gasteiger partial charge < -0.3 is 24.3 Å². The van der Waals surface area contributed by atoms with Crippen molar-refractivity contribution in [3.8, 4) is 23.0 Å². The number of amides is 1. The van der Waals surface area contributed by atoms with Gasteiger partial charge >= 0.3 is 0 Å². The predicted octanol–water partition coefficient (Wildman–Crippen LogP) is 3.53. The van der Waals surface area contributed by atoms with E-state index in [1.807, 2.05) is 43.3 Å². The Morgan fingerprint density at radius 1 is 0.963 bits per heavy atom. The Morgan fingerprint density at radius 3 is 2.33 bits per heavy atom. The van der Waals surface area contributed by atoms with Crippen LogP contribution in [0.25, 0.3) is 0 Å². The molecule has 2 aromatic carbocycles. The Balaban J connectivity index is 2.04. The first-order valence-electron chi connectivity index (χ1n) is 8.75. The molecule has 0 saturated heterocycles. The number of nitrogens with one attached hydrogen (secondary N) is 1. The highest BCUT2D eigenvalue weighted by Crippen LogP contribution is 2.32. The molecule has 1 N–H and O–H groups in total. The topological polar surface area (TPSA) is 66.0 Å². The molecule has 0 aliphatic rings. The molecule has 0 aliphatic carbocycles. The number of para-hydroxylation sites is 1. The third-order valence-electron chi connectivity index (χ3n) is 4.39. The number of ether oxygens (including phenoxy) is 4. The van der Waals surface area contributed by atoms with Crippen molar-refractivity contribution in [1.29, 1.82) is 0 Å². The van der Waals surface area contributed by atoms with Crippen molar-refractivity contribution in [3.05, 3.63) is 47.5 Å². The first-order valence-corrected chi connectivity index (χ1v) is 8.75. The van der Waals surface area contributed by atoms with Crippen molar-refractivity contribution in [2.45, 2.75) is 25.8 Å². The van der Waals surface area contributed by atoms with Gasteiger partial charge in [-0.3, -0.25) is 4.79 Å². The SMILES string of the molecule is COc1ccc(OC)c([C@@H](C)NC(=O)CCc2cccc(OC)c2OC)c1. The molecule has 0 unspecified atom stereocenters. The van der Waals surface area contributed by atoms with Gasteiger partial charge in [0.15, 0.2) is 11.5 Å². The van der Waals surface area contributed by atoms with Crippen LogP contribution in [-0.2, 0) is 11.2 Å². The molecule has 6 nitrogen and oxygen atoms in total. The summed E-state index contributed by atoms with van der Waals surface area (Å²) in [4.78, 5) is 12.5. The average Bonchev–Trinajstić information content (AvgIpc) is 2.70. The third-order valence-corrected chi connectivity index (χ3v) is 4.39. The van der Waals surface area contributed by atoms with Gasteiger partial charge in [-0.05, 0) is 43.2 Å². The van der Waals surface area contributed by atoms with Crippen LogP contribution in [-0.4, -0.2) is 34.3 Å². The van der Waals surface area contributed by atoms with Crippen molar-refractivity contribution < 1.29 is 23.7 Å². The Morgan fingerprint density at radius 2 is 1.70 bits per heavy atom. The number of rotatable bonds is 9. The van der Waals surface area contributed by atoms with E-state index in [1.54, 1.807) is 28.4 Å². The molecule has 0 saturated carbocycles. The summed E-state index contributed by atoms with van der Waals surface area (Å²) >= 11 is 0. The minimum Gasteiger partial charge on any atom is -0.497 e. The fraction of sp³-hybridized carbons (Fsp3) is 0.381. The van der Waals surface area contributed by atoms with Crippen LogP contribution in [0.5, 0.6) is 23.0 Å². The van der Waals surface area contributed by atoms with Gasteiger partial charge in [-0.25, -0.2) is 0 Å². The summed E-state index contributed by atoms with van der Waals surface area (Å²) in [5.74, 6) is 2.68. The highest BCUT2D eigenvalue weighted by molar-refractivity contribution is 5.77. The van der Waals surface area contributed by atoms with Crippen LogP contribution in [0.3, 0.4) is 0 Å². The molecule has 1 atom stereocenters. The van der Waals surface area contributed by atoms with Crippen molar-refractivity contribution in [2.75, 3.05) is 28.4 Å².